The molecule has 0 fully saturated rings. The first-order valence-electron chi connectivity index (χ1n) is 8.21. The van der Waals surface area contributed by atoms with Crippen LogP contribution in [0.1, 0.15) is 22.8 Å². The largest absolute Gasteiger partial charge is 0.350 e. The minimum absolute atomic E-state index is 0.000265. The number of carbonyl (C=O) groups is 2. The zero-order valence-electron chi connectivity index (χ0n) is 14.6. The van der Waals surface area contributed by atoms with Crippen LogP contribution in [0.3, 0.4) is 0 Å². The highest BCUT2D eigenvalue weighted by atomic mass is 19.2. The molecule has 0 saturated carbocycles. The van der Waals surface area contributed by atoms with Crippen LogP contribution in [-0.4, -0.2) is 36.3 Å². The van der Waals surface area contributed by atoms with Gasteiger partial charge >= 0.3 is 0 Å². The molecule has 0 atom stereocenters. The minimum atomic E-state index is -1.72. The van der Waals surface area contributed by atoms with Crippen LogP contribution in [0.15, 0.2) is 36.4 Å². The standard InChI is InChI=1S/C19H18F4N2O2/c1-12(26)25(10-8-13-2-4-14(20)5-3-13)11-9-24-19(27)15-6-7-16(21)18(23)17(15)22/h2-7H,8-11H2,1H3,(H,24,27). The zero-order valence-corrected chi connectivity index (χ0v) is 14.6. The molecule has 2 amide bonds. The molecule has 0 heterocycles. The van der Waals surface area contributed by atoms with Gasteiger partial charge in [0, 0.05) is 26.6 Å². The summed E-state index contributed by atoms with van der Waals surface area (Å²) in [4.78, 5) is 25.1. The van der Waals surface area contributed by atoms with E-state index in [-0.39, 0.29) is 24.8 Å². The van der Waals surface area contributed by atoms with Gasteiger partial charge in [-0.1, -0.05) is 12.1 Å². The lowest BCUT2D eigenvalue weighted by atomic mass is 10.1. The van der Waals surface area contributed by atoms with Gasteiger partial charge in [0.2, 0.25) is 5.91 Å². The van der Waals surface area contributed by atoms with E-state index in [0.29, 0.717) is 19.0 Å². The predicted octanol–water partition coefficient (Wildman–Crippen LogP) is 3.06. The van der Waals surface area contributed by atoms with Crippen molar-refractivity contribution >= 4 is 11.8 Å². The van der Waals surface area contributed by atoms with Crippen molar-refractivity contribution < 1.29 is 27.2 Å². The monoisotopic (exact) mass is 382 g/mol. The maximum atomic E-state index is 13.6. The van der Waals surface area contributed by atoms with Gasteiger partial charge in [0.15, 0.2) is 17.5 Å². The number of hydrogen-bond acceptors (Lipinski definition) is 2. The van der Waals surface area contributed by atoms with E-state index in [0.717, 1.165) is 11.6 Å². The summed E-state index contributed by atoms with van der Waals surface area (Å²) < 4.78 is 52.6. The van der Waals surface area contributed by atoms with E-state index in [4.69, 9.17) is 0 Å². The molecular weight excluding hydrogens is 364 g/mol. The average Bonchev–Trinajstić information content (AvgIpc) is 2.63. The van der Waals surface area contributed by atoms with Crippen molar-refractivity contribution in [3.63, 3.8) is 0 Å². The Balaban J connectivity index is 1.88. The highest BCUT2D eigenvalue weighted by molar-refractivity contribution is 5.94. The van der Waals surface area contributed by atoms with Crippen molar-refractivity contribution in [2.45, 2.75) is 13.3 Å². The van der Waals surface area contributed by atoms with Gasteiger partial charge in [0.05, 0.1) is 5.56 Å². The lowest BCUT2D eigenvalue weighted by Gasteiger charge is -2.21. The molecule has 0 aliphatic rings. The third kappa shape index (κ3) is 5.54. The predicted molar refractivity (Wildman–Crippen MR) is 91.0 cm³/mol. The Morgan fingerprint density at radius 3 is 2.22 bits per heavy atom. The SMILES string of the molecule is CC(=O)N(CCNC(=O)c1ccc(F)c(F)c1F)CCc1ccc(F)cc1. The second-order valence-corrected chi connectivity index (χ2v) is 5.86. The summed E-state index contributed by atoms with van der Waals surface area (Å²) in [5.74, 6) is -6.15. The highest BCUT2D eigenvalue weighted by Crippen LogP contribution is 2.15. The van der Waals surface area contributed by atoms with Gasteiger partial charge in [0.25, 0.3) is 5.91 Å². The molecular formula is C19H18F4N2O2. The molecule has 27 heavy (non-hydrogen) atoms. The Morgan fingerprint density at radius 2 is 1.59 bits per heavy atom. The van der Waals surface area contributed by atoms with Crippen LogP contribution in [0.2, 0.25) is 0 Å². The van der Waals surface area contributed by atoms with Gasteiger partial charge in [-0.3, -0.25) is 9.59 Å². The summed E-state index contributed by atoms with van der Waals surface area (Å²) in [6.45, 7) is 1.85. The quantitative estimate of drug-likeness (QED) is 0.591. The molecule has 1 N–H and O–H groups in total. The molecule has 2 rings (SSSR count). The van der Waals surface area contributed by atoms with E-state index in [1.807, 2.05) is 0 Å². The second-order valence-electron chi connectivity index (χ2n) is 5.86. The van der Waals surface area contributed by atoms with E-state index in [1.165, 1.54) is 24.0 Å². The molecule has 0 spiro atoms. The number of hydrogen-bond donors (Lipinski definition) is 1. The van der Waals surface area contributed by atoms with E-state index in [1.54, 1.807) is 12.1 Å². The molecule has 4 nitrogen and oxygen atoms in total. The minimum Gasteiger partial charge on any atom is -0.350 e. The summed E-state index contributed by atoms with van der Waals surface area (Å²) in [7, 11) is 0. The molecule has 0 bridgehead atoms. The molecule has 0 aliphatic carbocycles. The summed E-state index contributed by atoms with van der Waals surface area (Å²) in [5.41, 5.74) is 0.227. The van der Waals surface area contributed by atoms with Crippen LogP contribution >= 0.6 is 0 Å². The number of rotatable bonds is 7. The number of amides is 2. The van der Waals surface area contributed by atoms with Gasteiger partial charge in [-0.15, -0.1) is 0 Å². The van der Waals surface area contributed by atoms with Gasteiger partial charge in [0.1, 0.15) is 5.82 Å². The third-order valence-electron chi connectivity index (χ3n) is 3.98. The topological polar surface area (TPSA) is 49.4 Å². The molecule has 2 aromatic rings. The van der Waals surface area contributed by atoms with Crippen molar-refractivity contribution in [1.82, 2.24) is 10.2 Å². The Bertz CT molecular complexity index is 825. The van der Waals surface area contributed by atoms with Crippen molar-refractivity contribution in [3.8, 4) is 0 Å². The molecule has 0 unspecified atom stereocenters. The normalized spacial score (nSPS) is 10.6. The molecule has 8 heteroatoms. The number of benzene rings is 2. The molecule has 0 aromatic heterocycles. The molecule has 0 radical (unpaired) electrons. The molecule has 0 aliphatic heterocycles. The Kier molecular flexibility index (Phi) is 6.92. The summed E-state index contributed by atoms with van der Waals surface area (Å²) in [6.07, 6.45) is 0.492. The molecule has 2 aromatic carbocycles. The maximum absolute atomic E-state index is 13.6. The van der Waals surface area contributed by atoms with Crippen molar-refractivity contribution in [1.29, 1.82) is 0 Å². The first-order chi connectivity index (χ1) is 12.8. The number of nitrogens with zero attached hydrogens (tertiary/aromatic N) is 1. The molecule has 144 valence electrons. The lowest BCUT2D eigenvalue weighted by molar-refractivity contribution is -0.128. The maximum Gasteiger partial charge on any atom is 0.254 e. The smallest absolute Gasteiger partial charge is 0.254 e. The van der Waals surface area contributed by atoms with Gasteiger partial charge in [-0.25, -0.2) is 17.6 Å². The van der Waals surface area contributed by atoms with Crippen LogP contribution in [0.4, 0.5) is 17.6 Å². The van der Waals surface area contributed by atoms with Crippen molar-refractivity contribution in [3.05, 3.63) is 70.8 Å². The lowest BCUT2D eigenvalue weighted by Crippen LogP contribution is -2.38. The van der Waals surface area contributed by atoms with E-state index in [9.17, 15) is 27.2 Å². The van der Waals surface area contributed by atoms with Crippen LogP contribution in [0.25, 0.3) is 0 Å². The highest BCUT2D eigenvalue weighted by Gasteiger charge is 2.19. The van der Waals surface area contributed by atoms with Crippen LogP contribution in [0.5, 0.6) is 0 Å². The van der Waals surface area contributed by atoms with E-state index in [2.05, 4.69) is 5.32 Å². The third-order valence-corrected chi connectivity index (χ3v) is 3.98. The van der Waals surface area contributed by atoms with E-state index >= 15 is 0 Å². The Morgan fingerprint density at radius 1 is 0.926 bits per heavy atom. The van der Waals surface area contributed by atoms with Gasteiger partial charge in [-0.2, -0.15) is 0 Å². The number of carbonyl (C=O) groups excluding carboxylic acids is 2. The summed E-state index contributed by atoms with van der Waals surface area (Å²) >= 11 is 0. The zero-order chi connectivity index (χ0) is 20.0. The van der Waals surface area contributed by atoms with Crippen LogP contribution in [0, 0.1) is 23.3 Å². The first kappa shape index (κ1) is 20.4. The van der Waals surface area contributed by atoms with Crippen LogP contribution in [-0.2, 0) is 11.2 Å². The Hall–Kier alpha value is -2.90. The summed E-state index contributed by atoms with van der Waals surface area (Å²) in [5, 5.41) is 2.37. The van der Waals surface area contributed by atoms with Gasteiger partial charge < -0.3 is 10.2 Å². The molecule has 0 saturated heterocycles. The fourth-order valence-electron chi connectivity index (χ4n) is 2.44. The Labute approximate surface area is 153 Å². The number of halogens is 4. The fraction of sp³-hybridized carbons (Fsp3) is 0.263. The van der Waals surface area contributed by atoms with Gasteiger partial charge in [-0.05, 0) is 36.2 Å². The van der Waals surface area contributed by atoms with Crippen LogP contribution < -0.4 is 5.32 Å². The van der Waals surface area contributed by atoms with E-state index < -0.39 is 28.9 Å². The van der Waals surface area contributed by atoms with Crippen molar-refractivity contribution in [2.75, 3.05) is 19.6 Å². The second kappa shape index (κ2) is 9.16. The first-order valence-corrected chi connectivity index (χ1v) is 8.21. The summed E-state index contributed by atoms with van der Waals surface area (Å²) in [6, 6.07) is 7.38. The number of nitrogens with one attached hydrogen (secondary N) is 1. The van der Waals surface area contributed by atoms with Crippen molar-refractivity contribution in [2.24, 2.45) is 0 Å². The average molecular weight is 382 g/mol. The fourth-order valence-corrected chi connectivity index (χ4v) is 2.44.